The lowest BCUT2D eigenvalue weighted by atomic mass is 10.1. The second-order valence-corrected chi connectivity index (χ2v) is 6.84. The topological polar surface area (TPSA) is 66.6 Å². The molecule has 1 aromatic heterocycles. The summed E-state index contributed by atoms with van der Waals surface area (Å²) in [6.07, 6.45) is 0. The third-order valence-electron chi connectivity index (χ3n) is 4.57. The quantitative estimate of drug-likeness (QED) is 0.603. The molecule has 0 aliphatic carbocycles. The molecule has 6 nitrogen and oxygen atoms in total. The van der Waals surface area contributed by atoms with Gasteiger partial charge in [0, 0.05) is 30.6 Å². The molecule has 0 aliphatic heterocycles. The summed E-state index contributed by atoms with van der Waals surface area (Å²) in [5.41, 5.74) is 1.86. The number of benzene rings is 2. The summed E-state index contributed by atoms with van der Waals surface area (Å²) in [4.78, 5) is 17.4. The predicted molar refractivity (Wildman–Crippen MR) is 115 cm³/mol. The summed E-state index contributed by atoms with van der Waals surface area (Å²) in [5, 5.41) is 4.24. The van der Waals surface area contributed by atoms with Crippen molar-refractivity contribution < 1.29 is 13.9 Å². The van der Waals surface area contributed by atoms with E-state index in [0.29, 0.717) is 34.2 Å². The lowest BCUT2D eigenvalue weighted by molar-refractivity contribution is 0.355. The monoisotopic (exact) mass is 415 g/mol. The Labute approximate surface area is 173 Å². The molecule has 0 bridgehead atoms. The summed E-state index contributed by atoms with van der Waals surface area (Å²) in [5.74, 6) is 0.816. The van der Waals surface area contributed by atoms with Gasteiger partial charge in [0.2, 0.25) is 0 Å². The Morgan fingerprint density at radius 2 is 1.76 bits per heavy atom. The van der Waals surface area contributed by atoms with Crippen LogP contribution in [0.15, 0.2) is 47.3 Å². The number of nitrogens with one attached hydrogen (secondary N) is 2. The minimum atomic E-state index is -0.299. The number of thiocarbonyl (C=S) groups is 1. The molecular weight excluding hydrogens is 393 g/mol. The molecular formula is C21H22FN3O3S. The predicted octanol–water partition coefficient (Wildman–Crippen LogP) is 3.19. The Morgan fingerprint density at radius 3 is 2.38 bits per heavy atom. The van der Waals surface area contributed by atoms with Gasteiger partial charge in [0.1, 0.15) is 5.82 Å². The molecule has 0 saturated carbocycles. The van der Waals surface area contributed by atoms with Crippen LogP contribution in [0.25, 0.3) is 10.9 Å². The molecule has 29 heavy (non-hydrogen) atoms. The zero-order valence-electron chi connectivity index (χ0n) is 16.4. The number of rotatable bonds is 6. The van der Waals surface area contributed by atoms with Gasteiger partial charge >= 0.3 is 0 Å². The molecule has 3 aromatic rings. The highest BCUT2D eigenvalue weighted by Gasteiger charge is 2.15. The number of aromatic amines is 1. The van der Waals surface area contributed by atoms with E-state index in [2.05, 4.69) is 10.3 Å². The van der Waals surface area contributed by atoms with Gasteiger partial charge in [-0.05, 0) is 42.0 Å². The number of nitrogens with zero attached hydrogens (tertiary/aromatic N) is 1. The average molecular weight is 415 g/mol. The van der Waals surface area contributed by atoms with Gasteiger partial charge in [-0.3, -0.25) is 4.79 Å². The first-order chi connectivity index (χ1) is 13.9. The fourth-order valence-corrected chi connectivity index (χ4v) is 3.20. The molecule has 0 fully saturated rings. The van der Waals surface area contributed by atoms with Crippen molar-refractivity contribution in [2.75, 3.05) is 21.3 Å². The van der Waals surface area contributed by atoms with Crippen LogP contribution in [0.5, 0.6) is 11.5 Å². The van der Waals surface area contributed by atoms with Crippen LogP contribution in [0.2, 0.25) is 0 Å². The highest BCUT2D eigenvalue weighted by atomic mass is 32.1. The Kier molecular flexibility index (Phi) is 6.33. The first kappa shape index (κ1) is 20.6. The van der Waals surface area contributed by atoms with Crippen LogP contribution in [0, 0.1) is 5.82 Å². The van der Waals surface area contributed by atoms with E-state index >= 15 is 0 Å². The second kappa shape index (κ2) is 8.91. The van der Waals surface area contributed by atoms with Crippen LogP contribution in [-0.4, -0.2) is 36.3 Å². The number of hydrogen-bond acceptors (Lipinski definition) is 4. The summed E-state index contributed by atoms with van der Waals surface area (Å²) in [6.45, 7) is 0.722. The van der Waals surface area contributed by atoms with Crippen molar-refractivity contribution in [3.63, 3.8) is 0 Å². The Hall–Kier alpha value is -3.13. The highest BCUT2D eigenvalue weighted by Crippen LogP contribution is 2.31. The molecule has 3 rings (SSSR count). The normalized spacial score (nSPS) is 10.6. The summed E-state index contributed by atoms with van der Waals surface area (Å²) < 4.78 is 23.8. The number of ether oxygens (including phenoxy) is 2. The summed E-state index contributed by atoms with van der Waals surface area (Å²) >= 11 is 5.40. The minimum absolute atomic E-state index is 0.215. The van der Waals surface area contributed by atoms with Crippen LogP contribution < -0.4 is 20.3 Å². The average Bonchev–Trinajstić information content (AvgIpc) is 2.73. The summed E-state index contributed by atoms with van der Waals surface area (Å²) in [7, 11) is 4.83. The van der Waals surface area contributed by atoms with Crippen LogP contribution >= 0.6 is 12.2 Å². The lowest BCUT2D eigenvalue weighted by Crippen LogP contribution is -2.38. The van der Waals surface area contributed by atoms with E-state index in [-0.39, 0.29) is 17.9 Å². The molecule has 0 radical (unpaired) electrons. The zero-order chi connectivity index (χ0) is 21.0. The van der Waals surface area contributed by atoms with Crippen LogP contribution in [0.1, 0.15) is 11.1 Å². The first-order valence-electron chi connectivity index (χ1n) is 8.94. The van der Waals surface area contributed by atoms with E-state index in [9.17, 15) is 9.18 Å². The van der Waals surface area contributed by atoms with Crippen molar-refractivity contribution in [3.8, 4) is 11.5 Å². The number of H-pyrrole nitrogens is 1. The second-order valence-electron chi connectivity index (χ2n) is 6.46. The van der Waals surface area contributed by atoms with E-state index < -0.39 is 0 Å². The van der Waals surface area contributed by atoms with E-state index in [1.54, 1.807) is 39.5 Å². The standard InChI is InChI=1S/C21H22FN3O3S/c1-23-21(29)25(11-13-4-6-16(22)7-5-13)12-15-8-14-9-18(27-2)19(28-3)10-17(14)24-20(15)26/h4-10H,11-12H2,1-3H3,(H,23,29)(H,24,26). The lowest BCUT2D eigenvalue weighted by Gasteiger charge is -2.25. The molecule has 8 heteroatoms. The number of aromatic nitrogens is 1. The zero-order valence-corrected chi connectivity index (χ0v) is 17.2. The maximum atomic E-state index is 13.2. The maximum absolute atomic E-state index is 13.2. The molecule has 0 saturated heterocycles. The first-order valence-corrected chi connectivity index (χ1v) is 9.35. The van der Waals surface area contributed by atoms with Crippen molar-refractivity contribution in [1.29, 1.82) is 0 Å². The number of pyridine rings is 1. The van der Waals surface area contributed by atoms with E-state index in [0.717, 1.165) is 10.9 Å². The van der Waals surface area contributed by atoms with Gasteiger partial charge in [0.15, 0.2) is 16.6 Å². The molecule has 0 spiro atoms. The van der Waals surface area contributed by atoms with Crippen molar-refractivity contribution in [2.24, 2.45) is 0 Å². The third kappa shape index (κ3) is 4.65. The van der Waals surface area contributed by atoms with Gasteiger partial charge < -0.3 is 24.7 Å². The number of hydrogen-bond donors (Lipinski definition) is 2. The molecule has 2 N–H and O–H groups in total. The molecule has 2 aromatic carbocycles. The number of fused-ring (bicyclic) bond motifs is 1. The minimum Gasteiger partial charge on any atom is -0.493 e. The highest BCUT2D eigenvalue weighted by molar-refractivity contribution is 7.80. The fourth-order valence-electron chi connectivity index (χ4n) is 3.07. The molecule has 0 atom stereocenters. The van der Waals surface area contributed by atoms with Gasteiger partial charge in [-0.25, -0.2) is 4.39 Å². The van der Waals surface area contributed by atoms with Crippen molar-refractivity contribution in [3.05, 3.63) is 69.8 Å². The number of methoxy groups -OCH3 is 2. The van der Waals surface area contributed by atoms with Crippen LogP contribution in [-0.2, 0) is 13.1 Å². The maximum Gasteiger partial charge on any atom is 0.253 e. The van der Waals surface area contributed by atoms with Crippen LogP contribution in [0.4, 0.5) is 4.39 Å². The molecule has 1 heterocycles. The third-order valence-corrected chi connectivity index (χ3v) is 5.04. The largest absolute Gasteiger partial charge is 0.493 e. The van der Waals surface area contributed by atoms with Gasteiger partial charge in [-0.2, -0.15) is 0 Å². The molecule has 0 amide bonds. The van der Waals surface area contributed by atoms with Crippen molar-refractivity contribution >= 4 is 28.2 Å². The van der Waals surface area contributed by atoms with Crippen molar-refractivity contribution in [2.45, 2.75) is 13.1 Å². The van der Waals surface area contributed by atoms with E-state index in [4.69, 9.17) is 21.7 Å². The van der Waals surface area contributed by atoms with Crippen LogP contribution in [0.3, 0.4) is 0 Å². The van der Waals surface area contributed by atoms with Gasteiger partial charge in [0.05, 0.1) is 26.3 Å². The Morgan fingerprint density at radius 1 is 1.10 bits per heavy atom. The molecule has 0 unspecified atom stereocenters. The smallest absolute Gasteiger partial charge is 0.253 e. The molecule has 152 valence electrons. The van der Waals surface area contributed by atoms with Gasteiger partial charge in [-0.1, -0.05) is 12.1 Å². The molecule has 0 aliphatic rings. The van der Waals surface area contributed by atoms with Crippen molar-refractivity contribution in [1.82, 2.24) is 15.2 Å². The van der Waals surface area contributed by atoms with Gasteiger partial charge in [0.25, 0.3) is 5.56 Å². The van der Waals surface area contributed by atoms with Gasteiger partial charge in [-0.15, -0.1) is 0 Å². The number of halogens is 1. The van der Waals surface area contributed by atoms with E-state index in [1.165, 1.54) is 12.1 Å². The van der Waals surface area contributed by atoms with E-state index in [1.807, 2.05) is 17.0 Å². The Balaban J connectivity index is 1.95. The SMILES string of the molecule is CNC(=S)N(Cc1ccc(F)cc1)Cc1cc2cc(OC)c(OC)cc2[nH]c1=O. The fraction of sp³-hybridized carbons (Fsp3) is 0.238. The summed E-state index contributed by atoms with van der Waals surface area (Å²) in [6, 6.07) is 11.6. The Bertz CT molecular complexity index is 1080.